The maximum Gasteiger partial charge on any atom is 0.243 e. The summed E-state index contributed by atoms with van der Waals surface area (Å²) in [6.45, 7) is 9.29. The zero-order valence-corrected chi connectivity index (χ0v) is 9.66. The van der Waals surface area contributed by atoms with E-state index in [1.165, 1.54) is 12.2 Å². The molecular weight excluding hydrogens is 206 g/mol. The number of carbonyl (C=O) groups excluding carboxylic acids is 2. The number of likely N-dealkylation sites (N-methyl/N-ethyl adjacent to an activating group) is 1. The SMILES string of the molecule is C=CC(=O)NCCN(C)CCNC(=O)C=C. The van der Waals surface area contributed by atoms with Crippen molar-refractivity contribution in [3.05, 3.63) is 25.3 Å². The van der Waals surface area contributed by atoms with Crippen LogP contribution in [0.2, 0.25) is 0 Å². The highest BCUT2D eigenvalue weighted by Gasteiger charge is 1.99. The summed E-state index contributed by atoms with van der Waals surface area (Å²) in [5.74, 6) is -0.346. The van der Waals surface area contributed by atoms with Crippen molar-refractivity contribution in [1.82, 2.24) is 15.5 Å². The van der Waals surface area contributed by atoms with Crippen LogP contribution in [-0.2, 0) is 9.59 Å². The maximum atomic E-state index is 10.8. The fourth-order valence-corrected chi connectivity index (χ4v) is 0.996. The lowest BCUT2D eigenvalue weighted by Crippen LogP contribution is -2.36. The molecule has 0 unspecified atom stereocenters. The highest BCUT2D eigenvalue weighted by Crippen LogP contribution is 1.80. The number of rotatable bonds is 8. The van der Waals surface area contributed by atoms with E-state index in [0.29, 0.717) is 13.1 Å². The third-order valence-electron chi connectivity index (χ3n) is 1.96. The van der Waals surface area contributed by atoms with E-state index < -0.39 is 0 Å². The van der Waals surface area contributed by atoms with Crippen LogP contribution in [0.15, 0.2) is 25.3 Å². The number of hydrogen-bond donors (Lipinski definition) is 2. The second-order valence-electron chi connectivity index (χ2n) is 3.29. The molecule has 0 saturated heterocycles. The summed E-state index contributed by atoms with van der Waals surface area (Å²) in [4.78, 5) is 23.6. The predicted octanol–water partition coefficient (Wildman–Crippen LogP) is -0.477. The third-order valence-corrected chi connectivity index (χ3v) is 1.96. The Morgan fingerprint density at radius 3 is 1.75 bits per heavy atom. The fraction of sp³-hybridized carbons (Fsp3) is 0.455. The van der Waals surface area contributed by atoms with E-state index in [-0.39, 0.29) is 11.8 Å². The molecule has 0 saturated carbocycles. The second-order valence-corrected chi connectivity index (χ2v) is 3.29. The molecule has 2 amide bonds. The predicted molar refractivity (Wildman–Crippen MR) is 63.9 cm³/mol. The van der Waals surface area contributed by atoms with Gasteiger partial charge in [0.2, 0.25) is 11.8 Å². The molecule has 16 heavy (non-hydrogen) atoms. The van der Waals surface area contributed by atoms with Gasteiger partial charge in [0.05, 0.1) is 0 Å². The van der Waals surface area contributed by atoms with Crippen molar-refractivity contribution in [3.8, 4) is 0 Å². The van der Waals surface area contributed by atoms with Gasteiger partial charge in [0.25, 0.3) is 0 Å². The molecule has 0 atom stereocenters. The molecular formula is C11H19N3O2. The average molecular weight is 225 g/mol. The molecule has 5 heteroatoms. The molecule has 2 N–H and O–H groups in total. The zero-order valence-electron chi connectivity index (χ0n) is 9.66. The van der Waals surface area contributed by atoms with Gasteiger partial charge in [-0.25, -0.2) is 0 Å². The van der Waals surface area contributed by atoms with Gasteiger partial charge >= 0.3 is 0 Å². The van der Waals surface area contributed by atoms with E-state index in [1.54, 1.807) is 0 Å². The minimum absolute atomic E-state index is 0.173. The number of nitrogens with zero attached hydrogens (tertiary/aromatic N) is 1. The van der Waals surface area contributed by atoms with E-state index in [4.69, 9.17) is 0 Å². The van der Waals surface area contributed by atoms with Crippen molar-refractivity contribution in [2.24, 2.45) is 0 Å². The largest absolute Gasteiger partial charge is 0.351 e. The summed E-state index contributed by atoms with van der Waals surface area (Å²) < 4.78 is 0. The summed E-state index contributed by atoms with van der Waals surface area (Å²) >= 11 is 0. The Morgan fingerprint density at radius 2 is 1.44 bits per heavy atom. The van der Waals surface area contributed by atoms with Crippen LogP contribution in [0.3, 0.4) is 0 Å². The van der Waals surface area contributed by atoms with Gasteiger partial charge in [-0.1, -0.05) is 13.2 Å². The Hall–Kier alpha value is -1.62. The molecule has 0 rings (SSSR count). The Bertz CT molecular complexity index is 238. The Morgan fingerprint density at radius 1 is 1.06 bits per heavy atom. The lowest BCUT2D eigenvalue weighted by Gasteiger charge is -2.16. The average Bonchev–Trinajstić information content (AvgIpc) is 2.28. The first-order chi connectivity index (χ1) is 7.60. The van der Waals surface area contributed by atoms with Crippen LogP contribution >= 0.6 is 0 Å². The Balaban J connectivity index is 3.47. The molecule has 0 aromatic heterocycles. The second kappa shape index (κ2) is 8.67. The summed E-state index contributed by atoms with van der Waals surface area (Å²) in [6.07, 6.45) is 2.48. The van der Waals surface area contributed by atoms with Gasteiger partial charge in [0.15, 0.2) is 0 Å². The minimum Gasteiger partial charge on any atom is -0.351 e. The first kappa shape index (κ1) is 14.4. The molecule has 0 radical (unpaired) electrons. The van der Waals surface area contributed by atoms with E-state index in [9.17, 15) is 9.59 Å². The monoisotopic (exact) mass is 225 g/mol. The normalized spacial score (nSPS) is 9.62. The first-order valence-corrected chi connectivity index (χ1v) is 5.09. The molecule has 0 bridgehead atoms. The highest BCUT2D eigenvalue weighted by molar-refractivity contribution is 5.87. The maximum absolute atomic E-state index is 10.8. The van der Waals surface area contributed by atoms with Gasteiger partial charge < -0.3 is 15.5 Å². The van der Waals surface area contributed by atoms with Gasteiger partial charge in [0, 0.05) is 26.2 Å². The number of carbonyl (C=O) groups is 2. The molecule has 0 aliphatic carbocycles. The van der Waals surface area contributed by atoms with E-state index in [1.807, 2.05) is 11.9 Å². The number of hydrogen-bond acceptors (Lipinski definition) is 3. The van der Waals surface area contributed by atoms with Crippen LogP contribution in [0.25, 0.3) is 0 Å². The topological polar surface area (TPSA) is 61.4 Å². The van der Waals surface area contributed by atoms with Gasteiger partial charge in [0.1, 0.15) is 0 Å². The van der Waals surface area contributed by atoms with Crippen LogP contribution in [0, 0.1) is 0 Å². The van der Waals surface area contributed by atoms with Crippen LogP contribution in [0.5, 0.6) is 0 Å². The molecule has 0 spiro atoms. The number of amides is 2. The summed E-state index contributed by atoms with van der Waals surface area (Å²) in [5.41, 5.74) is 0. The Kier molecular flexibility index (Phi) is 7.79. The van der Waals surface area contributed by atoms with Crippen molar-refractivity contribution >= 4 is 11.8 Å². The van der Waals surface area contributed by atoms with Crippen molar-refractivity contribution in [2.45, 2.75) is 0 Å². The Labute approximate surface area is 96.2 Å². The molecule has 0 aromatic rings. The highest BCUT2D eigenvalue weighted by atomic mass is 16.2. The molecule has 0 aromatic carbocycles. The quantitative estimate of drug-likeness (QED) is 0.549. The van der Waals surface area contributed by atoms with E-state index in [2.05, 4.69) is 23.8 Å². The van der Waals surface area contributed by atoms with Gasteiger partial charge in [-0.15, -0.1) is 0 Å². The fourth-order valence-electron chi connectivity index (χ4n) is 0.996. The third kappa shape index (κ3) is 7.75. The van der Waals surface area contributed by atoms with Crippen molar-refractivity contribution in [3.63, 3.8) is 0 Å². The van der Waals surface area contributed by atoms with Gasteiger partial charge in [-0.3, -0.25) is 9.59 Å². The van der Waals surface area contributed by atoms with Crippen molar-refractivity contribution in [1.29, 1.82) is 0 Å². The molecule has 0 heterocycles. The summed E-state index contributed by atoms with van der Waals surface area (Å²) in [6, 6.07) is 0. The van der Waals surface area contributed by atoms with Gasteiger partial charge in [-0.05, 0) is 19.2 Å². The van der Waals surface area contributed by atoms with Crippen molar-refractivity contribution < 1.29 is 9.59 Å². The van der Waals surface area contributed by atoms with Crippen LogP contribution < -0.4 is 10.6 Å². The standard InChI is InChI=1S/C11H19N3O2/c1-4-10(15)12-6-8-14(3)9-7-13-11(16)5-2/h4-5H,1-2,6-9H2,3H3,(H,12,15)(H,13,16). The van der Waals surface area contributed by atoms with Crippen LogP contribution in [0.1, 0.15) is 0 Å². The number of nitrogens with one attached hydrogen (secondary N) is 2. The van der Waals surface area contributed by atoms with Crippen LogP contribution in [0.4, 0.5) is 0 Å². The summed E-state index contributed by atoms with van der Waals surface area (Å²) in [7, 11) is 1.92. The lowest BCUT2D eigenvalue weighted by molar-refractivity contribution is -0.117. The van der Waals surface area contributed by atoms with E-state index in [0.717, 1.165) is 13.1 Å². The lowest BCUT2D eigenvalue weighted by atomic mass is 10.4. The van der Waals surface area contributed by atoms with Crippen LogP contribution in [-0.4, -0.2) is 49.9 Å². The molecule has 0 aliphatic heterocycles. The summed E-state index contributed by atoms with van der Waals surface area (Å²) in [5, 5.41) is 5.34. The molecule has 5 nitrogen and oxygen atoms in total. The van der Waals surface area contributed by atoms with E-state index >= 15 is 0 Å². The van der Waals surface area contributed by atoms with Crippen molar-refractivity contribution in [2.75, 3.05) is 33.2 Å². The van der Waals surface area contributed by atoms with Gasteiger partial charge in [-0.2, -0.15) is 0 Å². The molecule has 0 aliphatic rings. The first-order valence-electron chi connectivity index (χ1n) is 5.09. The molecule has 90 valence electrons. The zero-order chi connectivity index (χ0) is 12.4. The smallest absolute Gasteiger partial charge is 0.243 e. The molecule has 0 fully saturated rings. The minimum atomic E-state index is -0.173.